The first-order valence-corrected chi connectivity index (χ1v) is 14.3. The molecule has 0 radical (unpaired) electrons. The number of rotatable bonds is 9. The van der Waals surface area contributed by atoms with Crippen molar-refractivity contribution in [3.63, 3.8) is 0 Å². The molecule has 0 atom stereocenters. The number of nitrogens with zero attached hydrogens (tertiary/aromatic N) is 3. The van der Waals surface area contributed by atoms with Gasteiger partial charge in [-0.15, -0.1) is 11.3 Å². The fourth-order valence-electron chi connectivity index (χ4n) is 4.01. The van der Waals surface area contributed by atoms with E-state index in [0.717, 1.165) is 61.4 Å². The molecule has 0 saturated carbocycles. The van der Waals surface area contributed by atoms with Crippen LogP contribution in [-0.2, 0) is 21.4 Å². The molecule has 3 heterocycles. The van der Waals surface area contributed by atoms with Crippen LogP contribution in [0.4, 0.5) is 16.3 Å². The highest BCUT2D eigenvalue weighted by atomic mass is 32.2. The Bertz CT molecular complexity index is 1210. The molecule has 1 aliphatic heterocycles. The summed E-state index contributed by atoms with van der Waals surface area (Å²) in [5.74, 6) is 1.48. The van der Waals surface area contributed by atoms with Gasteiger partial charge in [-0.3, -0.25) is 4.72 Å². The number of amides is 1. The summed E-state index contributed by atoms with van der Waals surface area (Å²) in [7, 11) is -3.30. The van der Waals surface area contributed by atoms with Crippen molar-refractivity contribution in [3.05, 3.63) is 59.0 Å². The van der Waals surface area contributed by atoms with Crippen molar-refractivity contribution in [3.8, 4) is 11.3 Å². The van der Waals surface area contributed by atoms with Crippen LogP contribution < -0.4 is 14.9 Å². The molecule has 1 aliphatic rings. The van der Waals surface area contributed by atoms with E-state index in [9.17, 15) is 13.2 Å². The molecule has 1 amide bonds. The first-order valence-electron chi connectivity index (χ1n) is 11.4. The first kappa shape index (κ1) is 24.9. The van der Waals surface area contributed by atoms with Crippen LogP contribution in [0.25, 0.3) is 11.3 Å². The number of hydrogen-bond donors (Lipinski definition) is 2. The molecule has 1 saturated heterocycles. The molecule has 35 heavy (non-hydrogen) atoms. The minimum absolute atomic E-state index is 0.196. The van der Waals surface area contributed by atoms with Gasteiger partial charge in [-0.1, -0.05) is 18.2 Å². The van der Waals surface area contributed by atoms with E-state index in [1.165, 1.54) is 11.3 Å². The van der Waals surface area contributed by atoms with E-state index >= 15 is 0 Å². The quantitative estimate of drug-likeness (QED) is 0.441. The van der Waals surface area contributed by atoms with E-state index in [0.29, 0.717) is 18.2 Å². The number of nitrogens with one attached hydrogen (secondary N) is 2. The molecule has 0 spiro atoms. The van der Waals surface area contributed by atoms with Gasteiger partial charge in [0.05, 0.1) is 23.2 Å². The molecular weight excluding hydrogens is 486 g/mol. The van der Waals surface area contributed by atoms with Gasteiger partial charge in [0.2, 0.25) is 10.0 Å². The number of alkyl carbamates (subject to hydrolysis) is 1. The molecule has 3 aromatic rings. The van der Waals surface area contributed by atoms with E-state index in [1.54, 1.807) is 17.6 Å². The number of piperidine rings is 1. The summed E-state index contributed by atoms with van der Waals surface area (Å²) in [5, 5.41) is 4.69. The molecule has 11 heteroatoms. The number of hydrogen-bond acceptors (Lipinski definition) is 8. The predicted molar refractivity (Wildman–Crippen MR) is 138 cm³/mol. The average Bonchev–Trinajstić information content (AvgIpc) is 3.37. The Kier molecular flexibility index (Phi) is 8.19. The second kappa shape index (κ2) is 11.5. The molecule has 9 nitrogen and oxygen atoms in total. The lowest BCUT2D eigenvalue weighted by Crippen LogP contribution is -2.35. The number of thiazole rings is 1. The lowest BCUT2D eigenvalue weighted by atomic mass is 9.93. The van der Waals surface area contributed by atoms with Crippen molar-refractivity contribution in [2.75, 3.05) is 35.5 Å². The Hall–Kier alpha value is -3.18. The Morgan fingerprint density at radius 1 is 1.17 bits per heavy atom. The van der Waals surface area contributed by atoms with Crippen LogP contribution in [0.1, 0.15) is 25.0 Å². The number of sulfonamides is 1. The molecule has 2 N–H and O–H groups in total. The maximum atomic E-state index is 11.8. The van der Waals surface area contributed by atoms with Crippen LogP contribution in [0, 0.1) is 5.92 Å². The maximum absolute atomic E-state index is 11.8. The minimum Gasteiger partial charge on any atom is -0.443 e. The lowest BCUT2D eigenvalue weighted by Gasteiger charge is -2.33. The third-order valence-corrected chi connectivity index (χ3v) is 7.06. The molecule has 186 valence electrons. The number of ether oxygens (including phenoxy) is 1. The van der Waals surface area contributed by atoms with E-state index in [4.69, 9.17) is 9.72 Å². The molecule has 4 rings (SSSR count). The van der Waals surface area contributed by atoms with Gasteiger partial charge in [-0.05, 0) is 49.4 Å². The summed E-state index contributed by atoms with van der Waals surface area (Å²) in [6.45, 7) is 2.61. The molecule has 1 aromatic carbocycles. The van der Waals surface area contributed by atoms with E-state index in [2.05, 4.69) is 19.9 Å². The van der Waals surface area contributed by atoms with Crippen molar-refractivity contribution in [2.24, 2.45) is 5.92 Å². The van der Waals surface area contributed by atoms with Crippen LogP contribution in [0.2, 0.25) is 0 Å². The zero-order valence-corrected chi connectivity index (χ0v) is 21.1. The number of anilines is 2. The highest BCUT2D eigenvalue weighted by Gasteiger charge is 2.20. The molecule has 0 bridgehead atoms. The molecule has 1 fully saturated rings. The maximum Gasteiger partial charge on any atom is 0.407 e. The second-order valence-electron chi connectivity index (χ2n) is 8.53. The number of pyridine rings is 1. The Morgan fingerprint density at radius 2 is 1.94 bits per heavy atom. The highest BCUT2D eigenvalue weighted by Crippen LogP contribution is 2.27. The van der Waals surface area contributed by atoms with Crippen molar-refractivity contribution in [2.45, 2.75) is 25.9 Å². The Morgan fingerprint density at radius 3 is 2.63 bits per heavy atom. The molecule has 0 unspecified atom stereocenters. The summed E-state index contributed by atoms with van der Waals surface area (Å²) < 4.78 is 30.4. The van der Waals surface area contributed by atoms with Gasteiger partial charge >= 0.3 is 6.09 Å². The van der Waals surface area contributed by atoms with Crippen LogP contribution in [0.5, 0.6) is 0 Å². The summed E-state index contributed by atoms with van der Waals surface area (Å²) in [4.78, 5) is 23.1. The summed E-state index contributed by atoms with van der Waals surface area (Å²) in [6.07, 6.45) is 3.71. The fourth-order valence-corrected chi connectivity index (χ4v) is 5.12. The van der Waals surface area contributed by atoms with Crippen molar-refractivity contribution in [1.29, 1.82) is 0 Å². The van der Waals surface area contributed by atoms with E-state index in [1.807, 2.05) is 35.7 Å². The number of benzene rings is 1. The van der Waals surface area contributed by atoms with Crippen molar-refractivity contribution in [1.82, 2.24) is 15.3 Å². The molecule has 2 aromatic heterocycles. The zero-order valence-electron chi connectivity index (χ0n) is 19.5. The normalized spacial score (nSPS) is 14.5. The lowest BCUT2D eigenvalue weighted by molar-refractivity contribution is 0.137. The number of aromatic nitrogens is 2. The Balaban J connectivity index is 1.23. The van der Waals surface area contributed by atoms with Gasteiger partial charge in [0.1, 0.15) is 12.4 Å². The topological polar surface area (TPSA) is 114 Å². The van der Waals surface area contributed by atoms with Gasteiger partial charge in [-0.25, -0.2) is 23.2 Å². The standard InChI is InChI=1S/C24H29N5O4S2/c1-35(31,32)28-20-7-5-19(6-8-20)22-3-2-4-23(27-22)29-13-10-18(11-14-29)9-12-25-24(30)33-15-21-16-34-17-26-21/h2-8,16-18,28H,9-15H2,1H3,(H,25,30). The van der Waals surface area contributed by atoms with E-state index < -0.39 is 16.1 Å². The summed E-state index contributed by atoms with van der Waals surface area (Å²) in [5.41, 5.74) is 4.77. The van der Waals surface area contributed by atoms with Crippen LogP contribution >= 0.6 is 11.3 Å². The van der Waals surface area contributed by atoms with E-state index in [-0.39, 0.29) is 6.61 Å². The van der Waals surface area contributed by atoms with Crippen LogP contribution in [0.3, 0.4) is 0 Å². The fraction of sp³-hybridized carbons (Fsp3) is 0.375. The smallest absolute Gasteiger partial charge is 0.407 e. The third kappa shape index (κ3) is 7.66. The van der Waals surface area contributed by atoms with Gasteiger partial charge in [0.25, 0.3) is 0 Å². The SMILES string of the molecule is CS(=O)(=O)Nc1ccc(-c2cccc(N3CCC(CCNC(=O)OCc4cscn4)CC3)n2)cc1. The van der Waals surface area contributed by atoms with Crippen LogP contribution in [-0.4, -0.2) is 50.4 Å². The monoisotopic (exact) mass is 515 g/mol. The predicted octanol–water partition coefficient (Wildman–Crippen LogP) is 4.11. The number of carbonyl (C=O) groups is 1. The highest BCUT2D eigenvalue weighted by molar-refractivity contribution is 7.92. The van der Waals surface area contributed by atoms with Gasteiger partial charge < -0.3 is 15.0 Å². The van der Waals surface area contributed by atoms with Gasteiger partial charge in [-0.2, -0.15) is 0 Å². The summed E-state index contributed by atoms with van der Waals surface area (Å²) >= 11 is 1.48. The van der Waals surface area contributed by atoms with Gasteiger partial charge in [0.15, 0.2) is 0 Å². The molecule has 0 aliphatic carbocycles. The summed E-state index contributed by atoms with van der Waals surface area (Å²) in [6, 6.07) is 13.2. The van der Waals surface area contributed by atoms with Crippen LogP contribution in [0.15, 0.2) is 53.4 Å². The molecular formula is C24H29N5O4S2. The van der Waals surface area contributed by atoms with Crippen molar-refractivity contribution >= 4 is 39.0 Å². The second-order valence-corrected chi connectivity index (χ2v) is 11.0. The zero-order chi connectivity index (χ0) is 24.7. The average molecular weight is 516 g/mol. The first-order chi connectivity index (χ1) is 16.9. The van der Waals surface area contributed by atoms with Crippen molar-refractivity contribution < 1.29 is 17.9 Å². The largest absolute Gasteiger partial charge is 0.443 e. The number of carbonyl (C=O) groups excluding carboxylic acids is 1. The Labute approximate surface area is 209 Å². The van der Waals surface area contributed by atoms with Gasteiger partial charge in [0, 0.05) is 36.3 Å². The third-order valence-electron chi connectivity index (χ3n) is 5.81. The minimum atomic E-state index is -3.30.